The van der Waals surface area contributed by atoms with Crippen LogP contribution < -0.4 is 11.5 Å². The van der Waals surface area contributed by atoms with E-state index < -0.39 is 0 Å². The van der Waals surface area contributed by atoms with Gasteiger partial charge in [0.25, 0.3) is 0 Å². The molecular weight excluding hydrogens is 356 g/mol. The predicted molar refractivity (Wildman–Crippen MR) is 106 cm³/mol. The van der Waals surface area contributed by atoms with Crippen LogP contribution in [0.5, 0.6) is 0 Å². The zero-order valence-electron chi connectivity index (χ0n) is 15.4. The number of hydrogen-bond acceptors (Lipinski definition) is 7. The minimum atomic E-state index is 0.223. The summed E-state index contributed by atoms with van der Waals surface area (Å²) in [4.78, 5) is 9.41. The summed E-state index contributed by atoms with van der Waals surface area (Å²) in [6.07, 6.45) is 5.15. The van der Waals surface area contributed by atoms with Crippen molar-refractivity contribution in [3.05, 3.63) is 49.5 Å². The summed E-state index contributed by atoms with van der Waals surface area (Å²) in [6, 6.07) is 3.67. The van der Waals surface area contributed by atoms with E-state index in [2.05, 4.69) is 33.4 Å². The summed E-state index contributed by atoms with van der Waals surface area (Å²) in [5.74, 6) is 1.07. The molecule has 28 heavy (non-hydrogen) atoms. The van der Waals surface area contributed by atoms with Gasteiger partial charge in [0.15, 0.2) is 11.6 Å². The maximum atomic E-state index is 5.92. The van der Waals surface area contributed by atoms with E-state index in [9.17, 15) is 0 Å². The van der Waals surface area contributed by atoms with Gasteiger partial charge in [0, 0.05) is 18.6 Å². The van der Waals surface area contributed by atoms with Gasteiger partial charge in [-0.25, -0.2) is 19.3 Å². The second kappa shape index (κ2) is 6.74. The standard InChI is InChI=1S/C18H20N10/c1-4-7-27-18(24-17(25-27)14-5-6-21-28(14)10-19)16-12-9-22-26(3)15(12)8-13(23-16)11(2)20/h4-6,8-9H,1-2,7,10,19-20H2,3H3. The molecule has 0 aromatic carbocycles. The van der Waals surface area contributed by atoms with Crippen molar-refractivity contribution < 1.29 is 0 Å². The van der Waals surface area contributed by atoms with Gasteiger partial charge in [0.05, 0.1) is 36.3 Å². The average Bonchev–Trinajstić information content (AvgIpc) is 3.39. The summed E-state index contributed by atoms with van der Waals surface area (Å²) in [6.45, 7) is 8.30. The molecule has 4 heterocycles. The molecule has 0 bridgehead atoms. The summed E-state index contributed by atoms with van der Waals surface area (Å²) >= 11 is 0. The predicted octanol–water partition coefficient (Wildman–Crippen LogP) is 1.12. The number of allylic oxidation sites excluding steroid dienone is 1. The Morgan fingerprint density at radius 1 is 1.25 bits per heavy atom. The summed E-state index contributed by atoms with van der Waals surface area (Å²) in [5, 5.41) is 14.0. The highest BCUT2D eigenvalue weighted by Crippen LogP contribution is 2.29. The molecule has 0 atom stereocenters. The van der Waals surface area contributed by atoms with E-state index >= 15 is 0 Å². The average molecular weight is 376 g/mol. The normalized spacial score (nSPS) is 11.2. The lowest BCUT2D eigenvalue weighted by molar-refractivity contribution is 0.639. The van der Waals surface area contributed by atoms with Crippen molar-refractivity contribution in [1.29, 1.82) is 0 Å². The van der Waals surface area contributed by atoms with Crippen LogP contribution >= 0.6 is 0 Å². The third-order valence-corrected chi connectivity index (χ3v) is 4.38. The van der Waals surface area contributed by atoms with E-state index in [0.29, 0.717) is 41.0 Å². The molecule has 0 saturated heterocycles. The highest BCUT2D eigenvalue weighted by Gasteiger charge is 2.21. The second-order valence-corrected chi connectivity index (χ2v) is 6.21. The fraction of sp³-hybridized carbons (Fsp3) is 0.167. The lowest BCUT2D eigenvalue weighted by Gasteiger charge is -2.07. The van der Waals surface area contributed by atoms with Crippen LogP contribution in [0.4, 0.5) is 0 Å². The van der Waals surface area contributed by atoms with E-state index in [1.54, 1.807) is 32.5 Å². The van der Waals surface area contributed by atoms with Crippen LogP contribution in [0.1, 0.15) is 5.69 Å². The molecule has 4 rings (SSSR count). The molecule has 0 aliphatic rings. The molecule has 4 aromatic rings. The maximum Gasteiger partial charge on any atom is 0.200 e. The molecule has 10 heteroatoms. The lowest BCUT2D eigenvalue weighted by atomic mass is 10.2. The quantitative estimate of drug-likeness (QED) is 0.482. The molecule has 0 fully saturated rings. The number of nitrogens with two attached hydrogens (primary N) is 2. The number of nitrogens with zero attached hydrogens (tertiary/aromatic N) is 8. The highest BCUT2D eigenvalue weighted by atomic mass is 15.4. The van der Waals surface area contributed by atoms with Gasteiger partial charge in [-0.05, 0) is 12.1 Å². The largest absolute Gasteiger partial charge is 0.397 e. The smallest absolute Gasteiger partial charge is 0.200 e. The topological polar surface area (TPSA) is 131 Å². The van der Waals surface area contributed by atoms with Gasteiger partial charge in [0.2, 0.25) is 0 Å². The van der Waals surface area contributed by atoms with E-state index in [0.717, 1.165) is 10.9 Å². The Hall–Kier alpha value is -3.79. The molecule has 0 spiro atoms. The number of aromatic nitrogens is 8. The minimum Gasteiger partial charge on any atom is -0.397 e. The van der Waals surface area contributed by atoms with E-state index in [1.807, 2.05) is 19.2 Å². The molecule has 0 saturated carbocycles. The molecule has 0 aliphatic carbocycles. The molecule has 0 unspecified atom stereocenters. The first-order valence-corrected chi connectivity index (χ1v) is 8.59. The van der Waals surface area contributed by atoms with Gasteiger partial charge in [0.1, 0.15) is 11.4 Å². The van der Waals surface area contributed by atoms with Gasteiger partial charge < -0.3 is 11.5 Å². The van der Waals surface area contributed by atoms with Crippen molar-refractivity contribution in [1.82, 2.24) is 39.3 Å². The van der Waals surface area contributed by atoms with Gasteiger partial charge in [-0.3, -0.25) is 4.68 Å². The van der Waals surface area contributed by atoms with Gasteiger partial charge >= 0.3 is 0 Å². The fourth-order valence-corrected chi connectivity index (χ4v) is 3.02. The van der Waals surface area contributed by atoms with Crippen LogP contribution in [-0.4, -0.2) is 39.3 Å². The molecule has 4 N–H and O–H groups in total. The first-order chi connectivity index (χ1) is 13.5. The van der Waals surface area contributed by atoms with Crippen molar-refractivity contribution in [2.75, 3.05) is 0 Å². The molecule has 142 valence electrons. The number of pyridine rings is 1. The van der Waals surface area contributed by atoms with Crippen molar-refractivity contribution in [3.8, 4) is 23.0 Å². The number of aryl methyl sites for hydroxylation is 1. The maximum absolute atomic E-state index is 5.92. The molecule has 0 amide bonds. The Morgan fingerprint density at radius 2 is 2.07 bits per heavy atom. The van der Waals surface area contributed by atoms with Gasteiger partial charge in [-0.2, -0.15) is 10.2 Å². The molecule has 4 aromatic heterocycles. The van der Waals surface area contributed by atoms with Gasteiger partial charge in [-0.1, -0.05) is 12.7 Å². The van der Waals surface area contributed by atoms with Crippen LogP contribution in [0.25, 0.3) is 39.6 Å². The summed E-state index contributed by atoms with van der Waals surface area (Å²) < 4.78 is 5.11. The Bertz CT molecular complexity index is 1190. The number of fused-ring (bicyclic) bond motifs is 1. The Morgan fingerprint density at radius 3 is 2.79 bits per heavy atom. The summed E-state index contributed by atoms with van der Waals surface area (Å²) in [5.41, 5.74) is 14.8. The Labute approximate surface area is 160 Å². The summed E-state index contributed by atoms with van der Waals surface area (Å²) in [7, 11) is 1.86. The van der Waals surface area contributed by atoms with Crippen LogP contribution in [0.2, 0.25) is 0 Å². The third-order valence-electron chi connectivity index (χ3n) is 4.38. The number of hydrogen-bond donors (Lipinski definition) is 2. The molecule has 0 aliphatic heterocycles. The first kappa shape index (κ1) is 17.6. The SMILES string of the molecule is C=CCn1nc(-c2ccnn2CN)nc1-c1nc(C(=C)N)cc2c1cnn2C. The van der Waals surface area contributed by atoms with Crippen LogP contribution in [-0.2, 0) is 20.3 Å². The molecule has 0 radical (unpaired) electrons. The zero-order valence-corrected chi connectivity index (χ0v) is 15.4. The van der Waals surface area contributed by atoms with Gasteiger partial charge in [-0.15, -0.1) is 11.7 Å². The van der Waals surface area contributed by atoms with Crippen molar-refractivity contribution >= 4 is 16.6 Å². The van der Waals surface area contributed by atoms with Crippen molar-refractivity contribution in [3.63, 3.8) is 0 Å². The zero-order chi connectivity index (χ0) is 19.8. The Balaban J connectivity index is 1.98. The van der Waals surface area contributed by atoms with E-state index in [4.69, 9.17) is 16.5 Å². The lowest BCUT2D eigenvalue weighted by Crippen LogP contribution is -2.10. The van der Waals surface area contributed by atoms with E-state index in [-0.39, 0.29) is 6.67 Å². The minimum absolute atomic E-state index is 0.223. The van der Waals surface area contributed by atoms with Crippen LogP contribution in [0.3, 0.4) is 0 Å². The van der Waals surface area contributed by atoms with Crippen molar-refractivity contribution in [2.45, 2.75) is 13.2 Å². The third kappa shape index (κ3) is 2.76. The fourth-order valence-electron chi connectivity index (χ4n) is 3.02. The van der Waals surface area contributed by atoms with Crippen LogP contribution in [0.15, 0.2) is 43.8 Å². The second-order valence-electron chi connectivity index (χ2n) is 6.21. The monoisotopic (exact) mass is 376 g/mol. The number of rotatable bonds is 6. The first-order valence-electron chi connectivity index (χ1n) is 8.59. The van der Waals surface area contributed by atoms with E-state index in [1.165, 1.54) is 0 Å². The Kier molecular flexibility index (Phi) is 4.24. The molecule has 10 nitrogen and oxygen atoms in total. The van der Waals surface area contributed by atoms with Crippen molar-refractivity contribution in [2.24, 2.45) is 18.5 Å². The molecular formula is C18H20N10. The highest BCUT2D eigenvalue weighted by molar-refractivity contribution is 5.92. The van der Waals surface area contributed by atoms with Crippen LogP contribution in [0, 0.1) is 0 Å².